The molecule has 12 heteroatoms. The van der Waals surface area contributed by atoms with Gasteiger partial charge in [0.15, 0.2) is 0 Å². The molecule has 2 atom stereocenters. The minimum absolute atomic E-state index is 0.00988. The number of urea groups is 1. The monoisotopic (exact) mass is 641 g/mol. The summed E-state index contributed by atoms with van der Waals surface area (Å²) in [7, 11) is -4.50. The first-order valence-electron chi connectivity index (χ1n) is 13.4. The van der Waals surface area contributed by atoms with Crippen molar-refractivity contribution in [3.8, 4) is 11.5 Å². The molecule has 4 aromatic rings. The number of hydrazine groups is 1. The van der Waals surface area contributed by atoms with E-state index in [-0.39, 0.29) is 46.0 Å². The number of aliphatic hydroxyl groups excluding tert-OH is 1. The van der Waals surface area contributed by atoms with Crippen LogP contribution in [0.2, 0.25) is 10.0 Å². The van der Waals surface area contributed by atoms with Crippen molar-refractivity contribution in [3.63, 3.8) is 0 Å². The number of amides is 2. The van der Waals surface area contributed by atoms with Crippen LogP contribution in [-0.2, 0) is 29.5 Å². The number of carbonyl (C=O) groups excluding carboxylic acids is 1. The van der Waals surface area contributed by atoms with Gasteiger partial charge in [-0.1, -0.05) is 77.8 Å². The van der Waals surface area contributed by atoms with Gasteiger partial charge >= 0.3 is 6.03 Å². The largest absolute Gasteiger partial charge is 0.508 e. The lowest BCUT2D eigenvalue weighted by Crippen LogP contribution is -2.52. The van der Waals surface area contributed by atoms with Gasteiger partial charge in [-0.25, -0.2) is 18.2 Å². The Hall–Kier alpha value is -3.80. The zero-order chi connectivity index (χ0) is 30.7. The van der Waals surface area contributed by atoms with Crippen LogP contribution in [0.1, 0.15) is 16.7 Å². The summed E-state index contributed by atoms with van der Waals surface area (Å²) in [5.74, 6) is 0.0635. The average molecular weight is 643 g/mol. The Morgan fingerprint density at radius 3 is 1.93 bits per heavy atom. The van der Waals surface area contributed by atoms with E-state index >= 15 is 0 Å². The van der Waals surface area contributed by atoms with Crippen molar-refractivity contribution in [2.75, 3.05) is 6.54 Å². The van der Waals surface area contributed by atoms with E-state index in [1.54, 1.807) is 24.3 Å². The van der Waals surface area contributed by atoms with Crippen LogP contribution in [0.25, 0.3) is 0 Å². The van der Waals surface area contributed by atoms with Crippen LogP contribution < -0.4 is 0 Å². The van der Waals surface area contributed by atoms with Gasteiger partial charge in [-0.05, 0) is 65.6 Å². The summed E-state index contributed by atoms with van der Waals surface area (Å²) < 4.78 is 29.2. The molecule has 5 rings (SSSR count). The second-order valence-electron chi connectivity index (χ2n) is 10.2. The molecule has 4 aromatic carbocycles. The zero-order valence-corrected chi connectivity index (χ0v) is 25.1. The van der Waals surface area contributed by atoms with Crippen LogP contribution in [0.5, 0.6) is 11.5 Å². The highest BCUT2D eigenvalue weighted by Gasteiger charge is 2.45. The molecule has 9 nitrogen and oxygen atoms in total. The molecule has 0 saturated carbocycles. The molecule has 0 aromatic heterocycles. The second kappa shape index (κ2) is 12.8. The Balaban J connectivity index is 1.63. The number of nitrogens with zero attached hydrogens (tertiary/aromatic N) is 3. The van der Waals surface area contributed by atoms with Crippen molar-refractivity contribution in [2.45, 2.75) is 36.6 Å². The molecule has 0 spiro atoms. The molecule has 224 valence electrons. The molecule has 0 bridgehead atoms. The molecular formula is C31H29Cl2N3O6S. The number of rotatable bonds is 8. The van der Waals surface area contributed by atoms with E-state index in [1.165, 1.54) is 47.4 Å². The summed E-state index contributed by atoms with van der Waals surface area (Å²) in [6.07, 6.45) is -1.07. The number of phenols is 2. The standard InChI is InChI=1S/C31H29Cl2N3O6S/c32-24-10-15-30(27(33)17-24)43(41,42)36-20-29(39)28(16-21-4-2-1-3-5-21)34(18-22-6-11-25(37)12-7-22)31(40)35(36)19-23-8-13-26(38)14-9-23/h1-15,17,28-29,37-39H,16,18-20H2/t28-,29-/m1/s1. The van der Waals surface area contributed by atoms with Crippen LogP contribution in [0.15, 0.2) is 102 Å². The van der Waals surface area contributed by atoms with E-state index in [0.29, 0.717) is 11.1 Å². The second-order valence-corrected chi connectivity index (χ2v) is 12.9. The summed E-state index contributed by atoms with van der Waals surface area (Å²) in [6, 6.07) is 24.1. The Labute approximate surface area is 259 Å². The number of hydrogen-bond donors (Lipinski definition) is 3. The van der Waals surface area contributed by atoms with Gasteiger partial charge in [0.25, 0.3) is 10.0 Å². The van der Waals surface area contributed by atoms with Crippen molar-refractivity contribution in [2.24, 2.45) is 0 Å². The average Bonchev–Trinajstić information content (AvgIpc) is 3.07. The van der Waals surface area contributed by atoms with Crippen LogP contribution in [0.4, 0.5) is 4.79 Å². The molecule has 0 unspecified atom stereocenters. The fourth-order valence-electron chi connectivity index (χ4n) is 5.00. The molecule has 1 fully saturated rings. The molecule has 2 amide bonds. The number of aliphatic hydroxyl groups is 1. The topological polar surface area (TPSA) is 122 Å². The third-order valence-corrected chi connectivity index (χ3v) is 9.69. The lowest BCUT2D eigenvalue weighted by atomic mass is 9.99. The number of sulfonamides is 1. The van der Waals surface area contributed by atoms with E-state index in [1.807, 2.05) is 30.3 Å². The highest BCUT2D eigenvalue weighted by molar-refractivity contribution is 7.89. The predicted molar refractivity (Wildman–Crippen MR) is 163 cm³/mol. The Kier molecular flexibility index (Phi) is 9.14. The van der Waals surface area contributed by atoms with Crippen molar-refractivity contribution >= 4 is 39.3 Å². The van der Waals surface area contributed by atoms with E-state index in [9.17, 15) is 28.5 Å². The third-order valence-electron chi connectivity index (χ3n) is 7.22. The van der Waals surface area contributed by atoms with E-state index < -0.39 is 34.7 Å². The SMILES string of the molecule is O=C1N(Cc2ccc(O)cc2)[C@H](Cc2ccccc2)[C@H](O)CN(S(=O)(=O)c2ccc(Cl)cc2Cl)N1Cc1ccc(O)cc1. The molecule has 1 heterocycles. The number of phenolic OH excluding ortho intramolecular Hbond substituents is 2. The molecule has 1 aliphatic rings. The fourth-order valence-corrected chi connectivity index (χ4v) is 7.21. The quantitative estimate of drug-likeness (QED) is 0.236. The summed E-state index contributed by atoms with van der Waals surface area (Å²) >= 11 is 12.4. The molecule has 0 radical (unpaired) electrons. The first-order valence-corrected chi connectivity index (χ1v) is 15.6. The van der Waals surface area contributed by atoms with Crippen LogP contribution in [0.3, 0.4) is 0 Å². The molecule has 3 N–H and O–H groups in total. The lowest BCUT2D eigenvalue weighted by molar-refractivity contribution is 0.0549. The normalized spacial score (nSPS) is 18.1. The summed E-state index contributed by atoms with van der Waals surface area (Å²) in [6.45, 7) is -0.621. The van der Waals surface area contributed by atoms with Crippen molar-refractivity contribution in [1.29, 1.82) is 0 Å². The zero-order valence-electron chi connectivity index (χ0n) is 22.8. The van der Waals surface area contributed by atoms with Gasteiger partial charge in [0.1, 0.15) is 16.4 Å². The maximum atomic E-state index is 14.5. The van der Waals surface area contributed by atoms with Crippen molar-refractivity contribution < 1.29 is 28.5 Å². The maximum absolute atomic E-state index is 14.5. The smallest absolute Gasteiger partial charge is 0.336 e. The number of benzene rings is 4. The van der Waals surface area contributed by atoms with Gasteiger partial charge in [-0.3, -0.25) is 0 Å². The van der Waals surface area contributed by atoms with E-state index in [2.05, 4.69) is 0 Å². The van der Waals surface area contributed by atoms with Gasteiger partial charge in [0, 0.05) is 11.6 Å². The fraction of sp³-hybridized carbons (Fsp3) is 0.194. The molecule has 1 aliphatic heterocycles. The number of halogens is 2. The highest BCUT2D eigenvalue weighted by Crippen LogP contribution is 2.33. The van der Waals surface area contributed by atoms with Crippen LogP contribution in [-0.4, -0.2) is 62.8 Å². The predicted octanol–water partition coefficient (Wildman–Crippen LogP) is 5.42. The Morgan fingerprint density at radius 2 is 1.35 bits per heavy atom. The minimum Gasteiger partial charge on any atom is -0.508 e. The van der Waals surface area contributed by atoms with Gasteiger partial charge in [0.2, 0.25) is 0 Å². The number of β-amino-alcohol motifs (C(OH)–C–C–N with tert-alkyl or cyclic N) is 1. The maximum Gasteiger partial charge on any atom is 0.336 e. The summed E-state index contributed by atoms with van der Waals surface area (Å²) in [5, 5.41) is 32.5. The minimum atomic E-state index is -4.50. The molecule has 1 saturated heterocycles. The van der Waals surface area contributed by atoms with Crippen molar-refractivity contribution in [3.05, 3.63) is 124 Å². The summed E-state index contributed by atoms with van der Waals surface area (Å²) in [4.78, 5) is 15.7. The van der Waals surface area contributed by atoms with Crippen molar-refractivity contribution in [1.82, 2.24) is 14.3 Å². The van der Waals surface area contributed by atoms with E-state index in [4.69, 9.17) is 23.2 Å². The molecular weight excluding hydrogens is 613 g/mol. The number of aromatic hydroxyl groups is 2. The lowest BCUT2D eigenvalue weighted by Gasteiger charge is -2.36. The first kappa shape index (κ1) is 30.7. The van der Waals surface area contributed by atoms with Gasteiger partial charge in [-0.15, -0.1) is 4.41 Å². The van der Waals surface area contributed by atoms with Crippen LogP contribution >= 0.6 is 23.2 Å². The number of carbonyl (C=O) groups is 1. The summed E-state index contributed by atoms with van der Waals surface area (Å²) in [5.41, 5.74) is 2.05. The van der Waals surface area contributed by atoms with Gasteiger partial charge < -0.3 is 20.2 Å². The molecule has 0 aliphatic carbocycles. The van der Waals surface area contributed by atoms with Crippen LogP contribution in [0, 0.1) is 0 Å². The van der Waals surface area contributed by atoms with Gasteiger partial charge in [0.05, 0.1) is 30.3 Å². The molecule has 43 heavy (non-hydrogen) atoms. The Morgan fingerprint density at radius 1 is 0.767 bits per heavy atom. The third kappa shape index (κ3) is 6.90. The number of hydrogen-bond acceptors (Lipinski definition) is 6. The Bertz CT molecular complexity index is 1690. The van der Waals surface area contributed by atoms with E-state index in [0.717, 1.165) is 15.0 Å². The first-order chi connectivity index (χ1) is 20.5. The highest BCUT2D eigenvalue weighted by atomic mass is 35.5. The van der Waals surface area contributed by atoms with Gasteiger partial charge in [-0.2, -0.15) is 0 Å².